The van der Waals surface area contributed by atoms with E-state index in [1.807, 2.05) is 5.38 Å². The van der Waals surface area contributed by atoms with Gasteiger partial charge in [0.05, 0.1) is 12.3 Å². The van der Waals surface area contributed by atoms with E-state index < -0.39 is 0 Å². The fraction of sp³-hybridized carbons (Fsp3) is 0.714. The van der Waals surface area contributed by atoms with E-state index in [0.717, 1.165) is 31.6 Å². The van der Waals surface area contributed by atoms with Gasteiger partial charge >= 0.3 is 5.97 Å². The van der Waals surface area contributed by atoms with Crippen LogP contribution in [0.2, 0.25) is 0 Å². The molecule has 0 bridgehead atoms. The number of nitrogens with zero attached hydrogens (tertiary/aromatic N) is 2. The van der Waals surface area contributed by atoms with Gasteiger partial charge in [0.15, 0.2) is 0 Å². The van der Waals surface area contributed by atoms with Crippen LogP contribution in [0.25, 0.3) is 0 Å². The Bertz CT molecular complexity index is 434. The van der Waals surface area contributed by atoms with Crippen molar-refractivity contribution in [3.8, 4) is 0 Å². The summed E-state index contributed by atoms with van der Waals surface area (Å²) in [5.74, 6) is -0.339. The van der Waals surface area contributed by atoms with Crippen molar-refractivity contribution in [1.29, 1.82) is 0 Å². The minimum Gasteiger partial charge on any atom is -0.461 e. The topological polar surface area (TPSA) is 62.7 Å². The van der Waals surface area contributed by atoms with Crippen molar-refractivity contribution in [2.75, 3.05) is 19.8 Å². The molecule has 6 heteroatoms. The Morgan fingerprint density at radius 1 is 1.60 bits per heavy atom. The summed E-state index contributed by atoms with van der Waals surface area (Å²) in [5, 5.41) is 11.5. The van der Waals surface area contributed by atoms with Gasteiger partial charge < -0.3 is 9.84 Å². The number of aromatic nitrogens is 1. The lowest BCUT2D eigenvalue weighted by atomic mass is 9.99. The average Bonchev–Trinajstić information content (AvgIpc) is 2.90. The predicted molar refractivity (Wildman–Crippen MR) is 77.8 cm³/mol. The van der Waals surface area contributed by atoms with Crippen LogP contribution < -0.4 is 0 Å². The van der Waals surface area contributed by atoms with E-state index in [2.05, 4.69) is 9.88 Å². The summed E-state index contributed by atoms with van der Waals surface area (Å²) in [6.07, 6.45) is 4.37. The van der Waals surface area contributed by atoms with Crippen molar-refractivity contribution >= 4 is 17.3 Å². The molecule has 112 valence electrons. The van der Waals surface area contributed by atoms with Gasteiger partial charge in [-0.1, -0.05) is 6.42 Å². The molecule has 1 aromatic rings. The van der Waals surface area contributed by atoms with E-state index in [1.54, 1.807) is 6.92 Å². The van der Waals surface area contributed by atoms with Gasteiger partial charge in [0.2, 0.25) is 5.01 Å². The molecule has 0 amide bonds. The van der Waals surface area contributed by atoms with Crippen LogP contribution in [-0.4, -0.2) is 46.8 Å². The first-order valence-corrected chi connectivity index (χ1v) is 8.09. The second kappa shape index (κ2) is 7.71. The lowest BCUT2D eigenvalue weighted by Crippen LogP contribution is -2.39. The molecule has 2 rings (SSSR count). The number of aliphatic hydroxyl groups is 1. The number of esters is 1. The SMILES string of the molecule is CCOC(=O)c1nc(CN2CCCCC2CCO)cs1. The smallest absolute Gasteiger partial charge is 0.367 e. The summed E-state index contributed by atoms with van der Waals surface area (Å²) in [6, 6.07) is 0.432. The first-order valence-electron chi connectivity index (χ1n) is 7.21. The number of piperidine rings is 1. The van der Waals surface area contributed by atoms with Crippen LogP contribution in [0, 0.1) is 0 Å². The van der Waals surface area contributed by atoms with Crippen molar-refractivity contribution in [2.24, 2.45) is 0 Å². The molecule has 0 radical (unpaired) electrons. The molecule has 2 heterocycles. The third-order valence-electron chi connectivity index (χ3n) is 3.58. The van der Waals surface area contributed by atoms with Crippen molar-refractivity contribution < 1.29 is 14.6 Å². The zero-order valence-corrected chi connectivity index (χ0v) is 12.7. The predicted octanol–water partition coefficient (Wildman–Crippen LogP) is 2.06. The minimum atomic E-state index is -0.339. The van der Waals surface area contributed by atoms with Crippen LogP contribution in [-0.2, 0) is 11.3 Å². The molecule has 1 saturated heterocycles. The van der Waals surface area contributed by atoms with Crippen LogP contribution in [0.4, 0.5) is 0 Å². The molecule has 1 atom stereocenters. The van der Waals surface area contributed by atoms with Gasteiger partial charge in [0, 0.05) is 24.6 Å². The average molecular weight is 298 g/mol. The highest BCUT2D eigenvalue weighted by Crippen LogP contribution is 2.22. The molecule has 1 aliphatic rings. The highest BCUT2D eigenvalue weighted by atomic mass is 32.1. The molecule has 0 spiro atoms. The van der Waals surface area contributed by atoms with E-state index in [4.69, 9.17) is 9.84 Å². The largest absolute Gasteiger partial charge is 0.461 e. The maximum absolute atomic E-state index is 11.6. The van der Waals surface area contributed by atoms with Gasteiger partial charge in [-0.2, -0.15) is 0 Å². The summed E-state index contributed by atoms with van der Waals surface area (Å²) >= 11 is 1.34. The van der Waals surface area contributed by atoms with Gasteiger partial charge in [-0.15, -0.1) is 11.3 Å². The van der Waals surface area contributed by atoms with E-state index in [-0.39, 0.29) is 12.6 Å². The van der Waals surface area contributed by atoms with E-state index in [9.17, 15) is 4.79 Å². The second-order valence-electron chi connectivity index (χ2n) is 5.00. The number of hydrogen-bond donors (Lipinski definition) is 1. The molecule has 20 heavy (non-hydrogen) atoms. The molecular formula is C14H22N2O3S. The van der Waals surface area contributed by atoms with E-state index in [0.29, 0.717) is 17.7 Å². The molecule has 1 N–H and O–H groups in total. The van der Waals surface area contributed by atoms with Gasteiger partial charge in [-0.3, -0.25) is 4.90 Å². The number of aliphatic hydroxyl groups excluding tert-OH is 1. The highest BCUT2D eigenvalue weighted by Gasteiger charge is 2.23. The third-order valence-corrected chi connectivity index (χ3v) is 4.45. The van der Waals surface area contributed by atoms with Gasteiger partial charge in [0.25, 0.3) is 0 Å². The van der Waals surface area contributed by atoms with Crippen LogP contribution in [0.3, 0.4) is 0 Å². The molecule has 0 saturated carbocycles. The van der Waals surface area contributed by atoms with E-state index >= 15 is 0 Å². The Morgan fingerprint density at radius 2 is 2.45 bits per heavy atom. The summed E-state index contributed by atoms with van der Waals surface area (Å²) in [7, 11) is 0. The zero-order valence-electron chi connectivity index (χ0n) is 11.9. The number of likely N-dealkylation sites (tertiary alicyclic amines) is 1. The monoisotopic (exact) mass is 298 g/mol. The first-order chi connectivity index (χ1) is 9.74. The van der Waals surface area contributed by atoms with Gasteiger partial charge in [-0.25, -0.2) is 9.78 Å². The minimum absolute atomic E-state index is 0.228. The number of carbonyl (C=O) groups excluding carboxylic acids is 1. The molecule has 0 aromatic carbocycles. The number of thiazole rings is 1. The zero-order chi connectivity index (χ0) is 14.4. The Hall–Kier alpha value is -0.980. The Kier molecular flexibility index (Phi) is 5.94. The van der Waals surface area contributed by atoms with Crippen molar-refractivity contribution in [2.45, 2.75) is 45.2 Å². The fourth-order valence-corrected chi connectivity index (χ4v) is 3.32. The standard InChI is InChI=1S/C14H22N2O3S/c1-2-19-14(18)13-15-11(10-20-13)9-16-7-4-3-5-12(16)6-8-17/h10,12,17H,2-9H2,1H3. The summed E-state index contributed by atoms with van der Waals surface area (Å²) in [4.78, 5) is 18.3. The van der Waals surface area contributed by atoms with Crippen LogP contribution in [0.15, 0.2) is 5.38 Å². The van der Waals surface area contributed by atoms with Crippen LogP contribution >= 0.6 is 11.3 Å². The molecule has 1 aromatic heterocycles. The van der Waals surface area contributed by atoms with Gasteiger partial charge in [0.1, 0.15) is 0 Å². The molecule has 1 unspecified atom stereocenters. The number of ether oxygens (including phenoxy) is 1. The number of rotatable bonds is 6. The molecular weight excluding hydrogens is 276 g/mol. The Balaban J connectivity index is 1.96. The second-order valence-corrected chi connectivity index (χ2v) is 5.85. The molecule has 5 nitrogen and oxygen atoms in total. The fourth-order valence-electron chi connectivity index (χ4n) is 2.62. The van der Waals surface area contributed by atoms with Crippen LogP contribution in [0.5, 0.6) is 0 Å². The number of carbonyl (C=O) groups is 1. The van der Waals surface area contributed by atoms with Gasteiger partial charge in [-0.05, 0) is 32.7 Å². The molecule has 0 aliphatic carbocycles. The summed E-state index contributed by atoms with van der Waals surface area (Å²) in [5.41, 5.74) is 0.919. The first kappa shape index (κ1) is 15.4. The number of hydrogen-bond acceptors (Lipinski definition) is 6. The lowest BCUT2D eigenvalue weighted by molar-refractivity contribution is 0.0525. The normalized spacial score (nSPS) is 20.0. The van der Waals surface area contributed by atoms with Crippen molar-refractivity contribution in [1.82, 2.24) is 9.88 Å². The summed E-state index contributed by atoms with van der Waals surface area (Å²) in [6.45, 7) is 4.18. The van der Waals surface area contributed by atoms with E-state index in [1.165, 1.54) is 24.2 Å². The lowest BCUT2D eigenvalue weighted by Gasteiger charge is -2.34. The van der Waals surface area contributed by atoms with Crippen molar-refractivity contribution in [3.05, 3.63) is 16.1 Å². The third kappa shape index (κ3) is 4.01. The molecule has 1 aliphatic heterocycles. The summed E-state index contributed by atoms with van der Waals surface area (Å²) < 4.78 is 4.95. The quantitative estimate of drug-likeness (QED) is 0.815. The molecule has 1 fully saturated rings. The van der Waals surface area contributed by atoms with Crippen molar-refractivity contribution in [3.63, 3.8) is 0 Å². The Morgan fingerprint density at radius 3 is 3.20 bits per heavy atom. The highest BCUT2D eigenvalue weighted by molar-refractivity contribution is 7.11. The maximum atomic E-state index is 11.6. The maximum Gasteiger partial charge on any atom is 0.367 e. The van der Waals surface area contributed by atoms with Crippen LogP contribution in [0.1, 0.15) is 48.1 Å². The Labute approximate surface area is 123 Å².